The highest BCUT2D eigenvalue weighted by atomic mass is 16.5. The van der Waals surface area contributed by atoms with Gasteiger partial charge in [-0.15, -0.1) is 0 Å². The minimum Gasteiger partial charge on any atom is -0.508 e. The normalized spacial score (nSPS) is 9.68. The van der Waals surface area contributed by atoms with Crippen LogP contribution in [0, 0.1) is 0 Å². The highest BCUT2D eigenvalue weighted by Crippen LogP contribution is 2.31. The number of rotatable bonds is 10. The highest BCUT2D eigenvalue weighted by Gasteiger charge is 2.04. The van der Waals surface area contributed by atoms with Crippen molar-refractivity contribution in [1.82, 2.24) is 0 Å². The van der Waals surface area contributed by atoms with Gasteiger partial charge < -0.3 is 53.6 Å². The Hall–Kier alpha value is -7.66. The molecule has 0 bridgehead atoms. The topological polar surface area (TPSA) is 146 Å². The largest absolute Gasteiger partial charge is 0.508 e. The van der Waals surface area contributed by atoms with Gasteiger partial charge in [-0.1, -0.05) is 42.5 Å². The lowest BCUT2D eigenvalue weighted by Crippen LogP contribution is -1.89. The third-order valence-electron chi connectivity index (χ3n) is 7.34. The SMILES string of the molecule is COc1cccc(O)c1.COc1cccc(Oc2cccc(O)c2)c1.COc1cccc(Oc2cccc(Oc3cccc(OC)c3)c2)c1.Oc1cccc(O)c1. The number of ether oxygens (including phenoxy) is 7. The van der Waals surface area contributed by atoms with Crippen LogP contribution in [0.2, 0.25) is 0 Å². The number of phenolic OH excluding ortho intramolecular Hbond substituents is 4. The maximum absolute atomic E-state index is 9.29. The summed E-state index contributed by atoms with van der Waals surface area (Å²) in [7, 11) is 6.42. The van der Waals surface area contributed by atoms with Crippen molar-refractivity contribution in [2.75, 3.05) is 28.4 Å². The second-order valence-corrected chi connectivity index (χ2v) is 11.5. The van der Waals surface area contributed by atoms with Crippen molar-refractivity contribution in [2.45, 2.75) is 0 Å². The van der Waals surface area contributed by atoms with Crippen molar-refractivity contribution in [3.63, 3.8) is 0 Å². The van der Waals surface area contributed by atoms with Crippen molar-refractivity contribution in [1.29, 1.82) is 0 Å². The van der Waals surface area contributed by atoms with Crippen LogP contribution < -0.4 is 33.2 Å². The Kier molecular flexibility index (Phi) is 16.6. The highest BCUT2D eigenvalue weighted by molar-refractivity contribution is 5.43. The van der Waals surface area contributed by atoms with Crippen LogP contribution in [0.25, 0.3) is 0 Å². The fourth-order valence-corrected chi connectivity index (χ4v) is 4.65. The van der Waals surface area contributed by atoms with E-state index in [2.05, 4.69) is 0 Å². The average molecular weight is 773 g/mol. The minimum absolute atomic E-state index is 0.0880. The molecule has 4 N–H and O–H groups in total. The zero-order valence-corrected chi connectivity index (χ0v) is 31.8. The van der Waals surface area contributed by atoms with Crippen LogP contribution in [0.5, 0.6) is 80.5 Å². The van der Waals surface area contributed by atoms with Crippen LogP contribution in [0.4, 0.5) is 0 Å². The Balaban J connectivity index is 0.000000186. The first-order valence-electron chi connectivity index (χ1n) is 17.3. The van der Waals surface area contributed by atoms with Crippen LogP contribution in [-0.2, 0) is 0 Å². The standard InChI is InChI=1S/C20H18O4.C13H12O3.C7H8O2.C6H6O2/c1-21-15-6-3-8-17(12-15)23-19-10-5-11-20(14-19)24-18-9-4-7-16(13-18)22-2;1-15-11-5-3-7-13(9-11)16-12-6-2-4-10(14)8-12;1-9-7-4-2-3-6(8)5-7;7-5-2-1-3-6(8)4-5/h3-14H,1-2H3;2-9,14H,1H3;2-5,8H,1H3;1-4,7-8H. The molecule has 0 aliphatic carbocycles. The zero-order valence-electron chi connectivity index (χ0n) is 31.8. The molecule has 7 aromatic carbocycles. The van der Waals surface area contributed by atoms with E-state index in [1.165, 1.54) is 18.2 Å². The molecule has 0 spiro atoms. The molecule has 0 unspecified atom stereocenters. The van der Waals surface area contributed by atoms with E-state index < -0.39 is 0 Å². The molecule has 0 radical (unpaired) electrons. The monoisotopic (exact) mass is 772 g/mol. The Bertz CT molecular complexity index is 2180. The minimum atomic E-state index is 0.0880. The van der Waals surface area contributed by atoms with Crippen LogP contribution in [0.3, 0.4) is 0 Å². The van der Waals surface area contributed by atoms with Crippen molar-refractivity contribution in [3.8, 4) is 80.5 Å². The molecule has 0 saturated heterocycles. The van der Waals surface area contributed by atoms with E-state index in [1.54, 1.807) is 89.1 Å². The van der Waals surface area contributed by atoms with Gasteiger partial charge in [0.15, 0.2) is 0 Å². The summed E-state index contributed by atoms with van der Waals surface area (Å²) in [6.07, 6.45) is 0. The summed E-state index contributed by atoms with van der Waals surface area (Å²) in [6.45, 7) is 0. The van der Waals surface area contributed by atoms with E-state index in [0.29, 0.717) is 40.2 Å². The average Bonchev–Trinajstić information content (AvgIpc) is 3.22. The summed E-state index contributed by atoms with van der Waals surface area (Å²) in [5.74, 6) is 7.52. The summed E-state index contributed by atoms with van der Waals surface area (Å²) in [5, 5.41) is 35.5. The lowest BCUT2D eigenvalue weighted by Gasteiger charge is -2.10. The predicted molar refractivity (Wildman–Crippen MR) is 218 cm³/mol. The van der Waals surface area contributed by atoms with Crippen molar-refractivity contribution >= 4 is 0 Å². The van der Waals surface area contributed by atoms with Gasteiger partial charge in [0.25, 0.3) is 0 Å². The molecule has 0 aromatic heterocycles. The first-order valence-corrected chi connectivity index (χ1v) is 17.3. The predicted octanol–water partition coefficient (Wildman–Crippen LogP) is 11.0. The summed E-state index contributed by atoms with van der Waals surface area (Å²) < 4.78 is 37.6. The summed E-state index contributed by atoms with van der Waals surface area (Å²) in [4.78, 5) is 0. The second kappa shape index (κ2) is 22.5. The summed E-state index contributed by atoms with van der Waals surface area (Å²) in [6, 6.07) is 48.8. The molecule has 57 heavy (non-hydrogen) atoms. The van der Waals surface area contributed by atoms with E-state index in [-0.39, 0.29) is 23.0 Å². The number of benzene rings is 7. The molecule has 7 aromatic rings. The Morgan fingerprint density at radius 1 is 0.246 bits per heavy atom. The third-order valence-corrected chi connectivity index (χ3v) is 7.34. The number of hydrogen-bond donors (Lipinski definition) is 4. The maximum Gasteiger partial charge on any atom is 0.131 e. The van der Waals surface area contributed by atoms with Gasteiger partial charge in [-0.05, 0) is 84.9 Å². The maximum atomic E-state index is 9.29. The molecule has 11 nitrogen and oxygen atoms in total. The molecule has 11 heteroatoms. The fraction of sp³-hybridized carbons (Fsp3) is 0.0870. The van der Waals surface area contributed by atoms with Gasteiger partial charge >= 0.3 is 0 Å². The Labute approximate surface area is 331 Å². The number of methoxy groups -OCH3 is 4. The smallest absolute Gasteiger partial charge is 0.131 e. The number of hydrogen-bond acceptors (Lipinski definition) is 11. The molecule has 7 rings (SSSR count). The molecule has 0 heterocycles. The summed E-state index contributed by atoms with van der Waals surface area (Å²) in [5.41, 5.74) is 0. The number of aromatic hydroxyl groups is 4. The molecule has 0 saturated carbocycles. The molecule has 0 aliphatic heterocycles. The van der Waals surface area contributed by atoms with Gasteiger partial charge in [0.1, 0.15) is 80.5 Å². The fourth-order valence-electron chi connectivity index (χ4n) is 4.65. The van der Waals surface area contributed by atoms with Gasteiger partial charge in [-0.3, -0.25) is 0 Å². The Morgan fingerprint density at radius 2 is 0.439 bits per heavy atom. The van der Waals surface area contributed by atoms with Crippen LogP contribution in [0.15, 0.2) is 170 Å². The van der Waals surface area contributed by atoms with Crippen molar-refractivity contribution < 1.29 is 53.6 Å². The van der Waals surface area contributed by atoms with Gasteiger partial charge in [0, 0.05) is 42.5 Å². The lowest BCUT2D eigenvalue weighted by molar-refractivity contribution is 0.407. The molecular formula is C46H44O11. The quantitative estimate of drug-likeness (QED) is 0.105. The van der Waals surface area contributed by atoms with E-state index >= 15 is 0 Å². The van der Waals surface area contributed by atoms with Crippen molar-refractivity contribution in [2.24, 2.45) is 0 Å². The van der Waals surface area contributed by atoms with E-state index in [9.17, 15) is 5.11 Å². The molecule has 0 amide bonds. The molecule has 0 fully saturated rings. The van der Waals surface area contributed by atoms with E-state index in [1.807, 2.05) is 91.0 Å². The summed E-state index contributed by atoms with van der Waals surface area (Å²) >= 11 is 0. The molecule has 0 atom stereocenters. The van der Waals surface area contributed by atoms with Gasteiger partial charge in [-0.2, -0.15) is 0 Å². The van der Waals surface area contributed by atoms with Gasteiger partial charge in [-0.25, -0.2) is 0 Å². The van der Waals surface area contributed by atoms with E-state index in [4.69, 9.17) is 48.5 Å². The molecule has 0 aliphatic rings. The lowest BCUT2D eigenvalue weighted by atomic mass is 10.3. The molecule has 294 valence electrons. The first-order chi connectivity index (χ1) is 27.7. The van der Waals surface area contributed by atoms with Crippen LogP contribution in [0.1, 0.15) is 0 Å². The van der Waals surface area contributed by atoms with Crippen LogP contribution in [-0.4, -0.2) is 48.9 Å². The third kappa shape index (κ3) is 15.3. The zero-order chi connectivity index (χ0) is 40.8. The number of phenols is 4. The van der Waals surface area contributed by atoms with Crippen molar-refractivity contribution in [3.05, 3.63) is 170 Å². The second-order valence-electron chi connectivity index (χ2n) is 11.5. The Morgan fingerprint density at radius 3 is 0.684 bits per heavy atom. The first kappa shape index (κ1) is 42.1. The van der Waals surface area contributed by atoms with Gasteiger partial charge in [0.2, 0.25) is 0 Å². The van der Waals surface area contributed by atoms with Gasteiger partial charge in [0.05, 0.1) is 28.4 Å². The van der Waals surface area contributed by atoms with E-state index in [0.717, 1.165) is 17.2 Å². The molecular weight excluding hydrogens is 728 g/mol. The van der Waals surface area contributed by atoms with Crippen LogP contribution >= 0.6 is 0 Å².